The lowest BCUT2D eigenvalue weighted by atomic mass is 10.0. The summed E-state index contributed by atoms with van der Waals surface area (Å²) in [5.41, 5.74) is 10.7. The van der Waals surface area contributed by atoms with Gasteiger partial charge in [-0.15, -0.1) is 0 Å². The Hall–Kier alpha value is -7.10. The van der Waals surface area contributed by atoms with Gasteiger partial charge in [0.1, 0.15) is 0 Å². The predicted octanol–water partition coefficient (Wildman–Crippen LogP) is 13.3. The van der Waals surface area contributed by atoms with Gasteiger partial charge in [0.05, 0.1) is 33.1 Å². The van der Waals surface area contributed by atoms with Crippen LogP contribution in [0.15, 0.2) is 188 Å². The van der Waals surface area contributed by atoms with Gasteiger partial charge in [-0.2, -0.15) is 0 Å². The molecule has 0 unspecified atom stereocenters. The first-order valence-electron chi connectivity index (χ1n) is 18.3. The molecular weight excluding hydrogens is 643 g/mol. The van der Waals surface area contributed by atoms with Gasteiger partial charge in [0.2, 0.25) is 0 Å². The topological polar surface area (TPSA) is 14.8 Å². The zero-order chi connectivity index (χ0) is 34.6. The van der Waals surface area contributed by atoms with Gasteiger partial charge in [-0.05, 0) is 88.3 Å². The second-order valence-corrected chi connectivity index (χ2v) is 14.2. The zero-order valence-electron chi connectivity index (χ0n) is 28.7. The van der Waals surface area contributed by atoms with Crippen LogP contribution in [0.2, 0.25) is 0 Å². The summed E-state index contributed by atoms with van der Waals surface area (Å²) >= 11 is 0. The van der Waals surface area contributed by atoms with Gasteiger partial charge in [-0.25, -0.2) is 0 Å². The van der Waals surface area contributed by atoms with Crippen LogP contribution in [-0.4, -0.2) is 13.7 Å². The summed E-state index contributed by atoms with van der Waals surface area (Å²) in [6, 6.07) is 69.1. The minimum atomic E-state index is 1.14. The second-order valence-electron chi connectivity index (χ2n) is 14.2. The molecule has 0 radical (unpaired) electrons. The van der Waals surface area contributed by atoms with Crippen LogP contribution in [0, 0.1) is 0 Å². The predicted molar refractivity (Wildman–Crippen MR) is 224 cm³/mol. The fraction of sp³-hybridized carbons (Fsp3) is 0. The summed E-state index contributed by atoms with van der Waals surface area (Å²) < 4.78 is 7.31. The van der Waals surface area contributed by atoms with Crippen molar-refractivity contribution < 1.29 is 0 Å². The normalized spacial score (nSPS) is 12.2. The number of nitrogens with zero attached hydrogens (tertiary/aromatic N) is 3. The average Bonchev–Trinajstić information content (AvgIpc) is 3.85. The van der Waals surface area contributed by atoms with E-state index in [9.17, 15) is 0 Å². The number of aromatic nitrogens is 3. The number of rotatable bonds is 3. The van der Waals surface area contributed by atoms with Gasteiger partial charge in [0.15, 0.2) is 0 Å². The first-order chi connectivity index (χ1) is 26.3. The molecule has 0 aliphatic rings. The molecule has 12 rings (SSSR count). The summed E-state index contributed by atoms with van der Waals surface area (Å²) in [6.45, 7) is 0. The Morgan fingerprint density at radius 2 is 0.604 bits per heavy atom. The van der Waals surface area contributed by atoms with Crippen molar-refractivity contribution in [3.63, 3.8) is 0 Å². The van der Waals surface area contributed by atoms with Crippen LogP contribution in [0.1, 0.15) is 0 Å². The molecule has 0 saturated heterocycles. The van der Waals surface area contributed by atoms with Gasteiger partial charge in [0.25, 0.3) is 0 Å². The highest BCUT2D eigenvalue weighted by Crippen LogP contribution is 2.41. The molecule has 0 saturated carbocycles. The van der Waals surface area contributed by atoms with Crippen molar-refractivity contribution in [1.82, 2.24) is 13.7 Å². The lowest BCUT2D eigenvalue weighted by Crippen LogP contribution is -1.98. The molecule has 0 aliphatic carbocycles. The van der Waals surface area contributed by atoms with Crippen molar-refractivity contribution in [1.29, 1.82) is 0 Å². The fourth-order valence-electron chi connectivity index (χ4n) is 9.10. The minimum Gasteiger partial charge on any atom is -0.309 e. The van der Waals surface area contributed by atoms with Gasteiger partial charge in [-0.1, -0.05) is 121 Å². The van der Waals surface area contributed by atoms with E-state index in [-0.39, 0.29) is 0 Å². The van der Waals surface area contributed by atoms with Crippen molar-refractivity contribution in [2.45, 2.75) is 0 Å². The van der Waals surface area contributed by atoms with Gasteiger partial charge in [0, 0.05) is 49.4 Å². The lowest BCUT2D eigenvalue weighted by Gasteiger charge is -2.13. The van der Waals surface area contributed by atoms with E-state index < -0.39 is 0 Å². The van der Waals surface area contributed by atoms with Gasteiger partial charge >= 0.3 is 0 Å². The summed E-state index contributed by atoms with van der Waals surface area (Å²) in [4.78, 5) is 0. The smallest absolute Gasteiger partial charge is 0.0548 e. The Balaban J connectivity index is 1.12. The Bertz CT molecular complexity index is 3410. The first kappa shape index (κ1) is 28.6. The SMILES string of the molecule is c1cc(-n2c3ccccc3c3ccccc32)cc(-n2c3ccccc3c3cc4c(cc32)c2ccccc2n4-c2ccc3c(ccc4ccccc43)c2)c1. The summed E-state index contributed by atoms with van der Waals surface area (Å²) in [5, 5.41) is 12.6. The molecular formula is C50H31N3. The highest BCUT2D eigenvalue weighted by atomic mass is 15.0. The standard InChI is InChI=1S/C50H31N3/c1-2-15-37-32(12-1)24-25-33-28-36(26-27-38(33)37)53-48-23-10-6-19-42(48)44-30-49-43(31-50(44)53)41-18-5-9-22-47(41)52(49)35-14-11-13-34(29-35)51-45-20-7-3-16-39(45)40-17-4-8-21-46(40)51/h1-31H. The van der Waals surface area contributed by atoms with Crippen molar-refractivity contribution in [3.8, 4) is 17.1 Å². The van der Waals surface area contributed by atoms with E-state index in [2.05, 4.69) is 202 Å². The number of hydrogen-bond acceptors (Lipinski definition) is 0. The monoisotopic (exact) mass is 673 g/mol. The number of benzene rings is 9. The van der Waals surface area contributed by atoms with Crippen LogP contribution in [0.5, 0.6) is 0 Å². The van der Waals surface area contributed by atoms with Crippen LogP contribution in [0.25, 0.3) is 104 Å². The van der Waals surface area contributed by atoms with Crippen LogP contribution in [0.3, 0.4) is 0 Å². The van der Waals surface area contributed by atoms with Crippen LogP contribution in [-0.2, 0) is 0 Å². The maximum absolute atomic E-state index is 2.45. The molecule has 0 spiro atoms. The molecule has 12 aromatic rings. The molecule has 246 valence electrons. The average molecular weight is 674 g/mol. The van der Waals surface area contributed by atoms with E-state index in [1.54, 1.807) is 0 Å². The third-order valence-electron chi connectivity index (χ3n) is 11.4. The highest BCUT2D eigenvalue weighted by Gasteiger charge is 2.19. The van der Waals surface area contributed by atoms with Gasteiger partial charge in [-0.3, -0.25) is 0 Å². The third-order valence-corrected chi connectivity index (χ3v) is 11.4. The molecule has 3 aromatic heterocycles. The molecule has 3 heterocycles. The van der Waals surface area contributed by atoms with Crippen molar-refractivity contribution in [2.75, 3.05) is 0 Å². The summed E-state index contributed by atoms with van der Waals surface area (Å²) in [7, 11) is 0. The van der Waals surface area contributed by atoms with Crippen molar-refractivity contribution in [3.05, 3.63) is 188 Å². The zero-order valence-corrected chi connectivity index (χ0v) is 28.7. The molecule has 0 amide bonds. The van der Waals surface area contributed by atoms with E-state index in [1.807, 2.05) is 0 Å². The van der Waals surface area contributed by atoms with Crippen LogP contribution < -0.4 is 0 Å². The highest BCUT2D eigenvalue weighted by molar-refractivity contribution is 6.19. The number of hydrogen-bond donors (Lipinski definition) is 0. The second kappa shape index (κ2) is 10.7. The Labute approximate surface area is 304 Å². The lowest BCUT2D eigenvalue weighted by molar-refractivity contribution is 1.13. The fourth-order valence-corrected chi connectivity index (χ4v) is 9.10. The van der Waals surface area contributed by atoms with E-state index in [4.69, 9.17) is 0 Å². The third kappa shape index (κ3) is 3.99. The van der Waals surface area contributed by atoms with Crippen molar-refractivity contribution in [2.24, 2.45) is 0 Å². The molecule has 3 nitrogen and oxygen atoms in total. The molecule has 0 N–H and O–H groups in total. The Morgan fingerprint density at radius 1 is 0.208 bits per heavy atom. The first-order valence-corrected chi connectivity index (χ1v) is 18.3. The number of fused-ring (bicyclic) bond motifs is 12. The largest absolute Gasteiger partial charge is 0.309 e. The number of para-hydroxylation sites is 4. The summed E-state index contributed by atoms with van der Waals surface area (Å²) in [5.74, 6) is 0. The van der Waals surface area contributed by atoms with Crippen LogP contribution in [0.4, 0.5) is 0 Å². The Kier molecular flexibility index (Phi) is 5.77. The molecule has 0 aliphatic heterocycles. The van der Waals surface area contributed by atoms with E-state index >= 15 is 0 Å². The minimum absolute atomic E-state index is 1.14. The maximum atomic E-state index is 2.45. The molecule has 9 aromatic carbocycles. The quantitative estimate of drug-likeness (QED) is 0.166. The molecule has 3 heteroatoms. The molecule has 0 fully saturated rings. The van der Waals surface area contributed by atoms with E-state index in [0.717, 1.165) is 11.4 Å². The van der Waals surface area contributed by atoms with Crippen LogP contribution >= 0.6 is 0 Å². The molecule has 0 atom stereocenters. The summed E-state index contributed by atoms with van der Waals surface area (Å²) in [6.07, 6.45) is 0. The maximum Gasteiger partial charge on any atom is 0.0548 e. The van der Waals surface area contributed by atoms with Crippen molar-refractivity contribution >= 4 is 87.0 Å². The van der Waals surface area contributed by atoms with E-state index in [1.165, 1.54) is 92.6 Å². The van der Waals surface area contributed by atoms with Gasteiger partial charge < -0.3 is 13.7 Å². The molecule has 53 heavy (non-hydrogen) atoms. The molecule has 0 bridgehead atoms. The van der Waals surface area contributed by atoms with E-state index in [0.29, 0.717) is 0 Å². The Morgan fingerprint density at radius 3 is 1.15 bits per heavy atom.